The van der Waals surface area contributed by atoms with Crippen LogP contribution in [0.5, 0.6) is 0 Å². The molecule has 0 bridgehead atoms. The van der Waals surface area contributed by atoms with E-state index in [1.165, 1.54) is 29.1 Å². The Morgan fingerprint density at radius 2 is 1.34 bits per heavy atom. The van der Waals surface area contributed by atoms with E-state index in [0.717, 1.165) is 40.7 Å². The maximum absolute atomic E-state index is 12.0. The van der Waals surface area contributed by atoms with Crippen molar-refractivity contribution in [1.29, 1.82) is 0 Å². The summed E-state index contributed by atoms with van der Waals surface area (Å²) < 4.78 is 0. The van der Waals surface area contributed by atoms with Crippen LogP contribution in [-0.4, -0.2) is 22.2 Å². The molecule has 3 rings (SSSR count). The molecule has 0 saturated heterocycles. The van der Waals surface area contributed by atoms with Crippen LogP contribution in [0.25, 0.3) is 11.1 Å². The Labute approximate surface area is 230 Å². The molecule has 0 aliphatic heterocycles. The van der Waals surface area contributed by atoms with Gasteiger partial charge >= 0.3 is 11.9 Å². The Kier molecular flexibility index (Phi) is 9.16. The molecule has 0 saturated carbocycles. The van der Waals surface area contributed by atoms with Gasteiger partial charge in [0.15, 0.2) is 0 Å². The Morgan fingerprint density at radius 1 is 0.789 bits per heavy atom. The number of aliphatic carboxylic acids is 2. The molecule has 0 fully saturated rings. The van der Waals surface area contributed by atoms with Crippen molar-refractivity contribution < 1.29 is 19.8 Å². The molecule has 5 heteroatoms. The van der Waals surface area contributed by atoms with E-state index < -0.39 is 11.9 Å². The standard InChI is InChI=1S/C33H38O4S/c1-7-8-29(28(20-31(36)37)23-9-13-25(14-10-23)32(2,3)4)33(5,6)26-15-11-22(12-16-26)27(19-30(34)35)24-17-18-38-21-24/h9-21,29H,7-8H2,1-6H3,(H,34,35)(H,36,37)/b27-19+,28-20+. The largest absolute Gasteiger partial charge is 0.478 e. The third kappa shape index (κ3) is 6.90. The van der Waals surface area contributed by atoms with Crippen LogP contribution >= 0.6 is 11.3 Å². The van der Waals surface area contributed by atoms with Gasteiger partial charge in [-0.1, -0.05) is 96.5 Å². The van der Waals surface area contributed by atoms with E-state index in [1.54, 1.807) is 0 Å². The quantitative estimate of drug-likeness (QED) is 0.258. The fourth-order valence-electron chi connectivity index (χ4n) is 5.03. The summed E-state index contributed by atoms with van der Waals surface area (Å²) >= 11 is 1.53. The number of carboxylic acid groups (broad SMARTS) is 2. The first-order chi connectivity index (χ1) is 17.8. The van der Waals surface area contributed by atoms with Crippen LogP contribution in [0.1, 0.15) is 82.2 Å². The van der Waals surface area contributed by atoms with Crippen LogP contribution in [-0.2, 0) is 20.4 Å². The monoisotopic (exact) mass is 530 g/mol. The van der Waals surface area contributed by atoms with Crippen molar-refractivity contribution >= 4 is 34.4 Å². The SMILES string of the molecule is CCCC(/C(=C/C(=O)O)c1ccc(C(C)(C)C)cc1)C(C)(C)c1ccc(/C(=C\C(=O)O)c2ccsc2)cc1. The van der Waals surface area contributed by atoms with Crippen LogP contribution in [0.4, 0.5) is 0 Å². The highest BCUT2D eigenvalue weighted by Crippen LogP contribution is 2.43. The van der Waals surface area contributed by atoms with Crippen molar-refractivity contribution in [2.24, 2.45) is 5.92 Å². The van der Waals surface area contributed by atoms with Crippen LogP contribution in [0.3, 0.4) is 0 Å². The number of thiophene rings is 1. The summed E-state index contributed by atoms with van der Waals surface area (Å²) in [4.78, 5) is 23.5. The molecule has 2 N–H and O–H groups in total. The summed E-state index contributed by atoms with van der Waals surface area (Å²) in [5.41, 5.74) is 6.02. The molecular formula is C33H38O4S. The molecule has 0 radical (unpaired) electrons. The van der Waals surface area contributed by atoms with Gasteiger partial charge < -0.3 is 10.2 Å². The minimum atomic E-state index is -0.987. The molecule has 1 unspecified atom stereocenters. The second kappa shape index (κ2) is 12.0. The summed E-state index contributed by atoms with van der Waals surface area (Å²) in [6, 6.07) is 18.2. The van der Waals surface area contributed by atoms with Crippen molar-refractivity contribution in [3.63, 3.8) is 0 Å². The average molecular weight is 531 g/mol. The molecule has 1 aromatic heterocycles. The lowest BCUT2D eigenvalue weighted by Gasteiger charge is -2.37. The molecule has 38 heavy (non-hydrogen) atoms. The fraction of sp³-hybridized carbons (Fsp3) is 0.333. The summed E-state index contributed by atoms with van der Waals surface area (Å²) in [5, 5.41) is 23.1. The fourth-order valence-corrected chi connectivity index (χ4v) is 5.69. The summed E-state index contributed by atoms with van der Waals surface area (Å²) in [7, 11) is 0. The van der Waals surface area contributed by atoms with Gasteiger partial charge in [-0.05, 0) is 79.0 Å². The van der Waals surface area contributed by atoms with E-state index in [0.29, 0.717) is 5.57 Å². The number of rotatable bonds is 10. The van der Waals surface area contributed by atoms with Gasteiger partial charge in [-0.15, -0.1) is 0 Å². The number of hydrogen-bond donors (Lipinski definition) is 2. The van der Waals surface area contributed by atoms with Gasteiger partial charge in [0.25, 0.3) is 0 Å². The smallest absolute Gasteiger partial charge is 0.328 e. The predicted octanol–water partition coefficient (Wildman–Crippen LogP) is 8.42. The zero-order valence-corrected chi connectivity index (χ0v) is 23.9. The molecule has 1 heterocycles. The van der Waals surface area contributed by atoms with Crippen molar-refractivity contribution in [1.82, 2.24) is 0 Å². The molecular weight excluding hydrogens is 492 g/mol. The van der Waals surface area contributed by atoms with E-state index in [1.807, 2.05) is 53.2 Å². The highest BCUT2D eigenvalue weighted by molar-refractivity contribution is 7.08. The lowest BCUT2D eigenvalue weighted by atomic mass is 9.66. The van der Waals surface area contributed by atoms with Gasteiger partial charge in [0.05, 0.1) is 0 Å². The van der Waals surface area contributed by atoms with Gasteiger partial charge in [0.1, 0.15) is 0 Å². The minimum absolute atomic E-state index is 0.00992. The Morgan fingerprint density at radius 3 is 1.82 bits per heavy atom. The Balaban J connectivity index is 2.05. The summed E-state index contributed by atoms with van der Waals surface area (Å²) in [6.07, 6.45) is 4.35. The highest BCUT2D eigenvalue weighted by Gasteiger charge is 2.34. The number of carboxylic acids is 2. The summed E-state index contributed by atoms with van der Waals surface area (Å²) in [5.74, 6) is -1.98. The Bertz CT molecular complexity index is 1300. The van der Waals surface area contributed by atoms with Crippen molar-refractivity contribution in [3.8, 4) is 0 Å². The number of carbonyl (C=O) groups is 2. The van der Waals surface area contributed by atoms with Gasteiger partial charge in [-0.3, -0.25) is 0 Å². The molecule has 200 valence electrons. The van der Waals surface area contributed by atoms with Crippen molar-refractivity contribution in [3.05, 3.63) is 105 Å². The third-order valence-corrected chi connectivity index (χ3v) is 7.91. The van der Waals surface area contributed by atoms with Gasteiger partial charge in [0.2, 0.25) is 0 Å². The molecule has 0 aliphatic carbocycles. The maximum Gasteiger partial charge on any atom is 0.328 e. The lowest BCUT2D eigenvalue weighted by molar-refractivity contribution is -0.132. The van der Waals surface area contributed by atoms with E-state index in [2.05, 4.69) is 53.7 Å². The average Bonchev–Trinajstić information content (AvgIpc) is 3.39. The first kappa shape index (κ1) is 29.1. The van der Waals surface area contributed by atoms with Crippen LogP contribution in [0, 0.1) is 5.92 Å². The first-order valence-electron chi connectivity index (χ1n) is 13.0. The van der Waals surface area contributed by atoms with E-state index in [4.69, 9.17) is 0 Å². The van der Waals surface area contributed by atoms with Crippen LogP contribution in [0.15, 0.2) is 77.5 Å². The van der Waals surface area contributed by atoms with Gasteiger partial charge in [0, 0.05) is 12.2 Å². The molecule has 1 atom stereocenters. The molecule has 3 aromatic rings. The molecule has 2 aromatic carbocycles. The molecule has 0 amide bonds. The summed E-state index contributed by atoms with van der Waals surface area (Å²) in [6.45, 7) is 12.9. The Hall–Kier alpha value is -3.44. The highest BCUT2D eigenvalue weighted by atomic mass is 32.1. The van der Waals surface area contributed by atoms with E-state index >= 15 is 0 Å². The third-order valence-electron chi connectivity index (χ3n) is 7.23. The van der Waals surface area contributed by atoms with Gasteiger partial charge in [-0.25, -0.2) is 9.59 Å². The topological polar surface area (TPSA) is 74.6 Å². The minimum Gasteiger partial charge on any atom is -0.478 e. The number of hydrogen-bond acceptors (Lipinski definition) is 3. The normalized spacial score (nSPS) is 13.8. The molecule has 0 spiro atoms. The first-order valence-corrected chi connectivity index (χ1v) is 13.9. The second-order valence-corrected chi connectivity index (χ2v) is 12.1. The number of allylic oxidation sites excluding steroid dienone is 1. The predicted molar refractivity (Wildman–Crippen MR) is 158 cm³/mol. The zero-order chi connectivity index (χ0) is 28.1. The maximum atomic E-state index is 12.0. The molecule has 4 nitrogen and oxygen atoms in total. The van der Waals surface area contributed by atoms with Crippen molar-refractivity contribution in [2.45, 2.75) is 65.2 Å². The van der Waals surface area contributed by atoms with E-state index in [-0.39, 0.29) is 16.7 Å². The van der Waals surface area contributed by atoms with Crippen LogP contribution < -0.4 is 0 Å². The zero-order valence-electron chi connectivity index (χ0n) is 23.1. The van der Waals surface area contributed by atoms with Crippen LogP contribution in [0.2, 0.25) is 0 Å². The van der Waals surface area contributed by atoms with E-state index in [9.17, 15) is 19.8 Å². The number of benzene rings is 2. The molecule has 0 aliphatic rings. The van der Waals surface area contributed by atoms with Gasteiger partial charge in [-0.2, -0.15) is 11.3 Å². The lowest BCUT2D eigenvalue weighted by Crippen LogP contribution is -2.30. The van der Waals surface area contributed by atoms with Crippen molar-refractivity contribution in [2.75, 3.05) is 0 Å². The second-order valence-electron chi connectivity index (χ2n) is 11.3.